The van der Waals surface area contributed by atoms with Crippen LogP contribution in [0.15, 0.2) is 0 Å². The second kappa shape index (κ2) is 31.7. The molecule has 2 rings (SSSR count). The van der Waals surface area contributed by atoms with Crippen molar-refractivity contribution in [1.29, 1.82) is 0 Å². The fourth-order valence-corrected chi connectivity index (χ4v) is 5.89. The van der Waals surface area contributed by atoms with Gasteiger partial charge in [-0.3, -0.25) is 0 Å². The van der Waals surface area contributed by atoms with E-state index in [0.717, 1.165) is 18.8 Å². The van der Waals surface area contributed by atoms with Gasteiger partial charge in [-0.1, -0.05) is 44.9 Å². The van der Waals surface area contributed by atoms with Crippen molar-refractivity contribution in [3.63, 3.8) is 0 Å². The monoisotopic (exact) mass is 792 g/mol. The second-order valence-electron chi connectivity index (χ2n) is 13.0. The molecule has 2 aliphatic heterocycles. The Hall–Kier alpha value is -0.330. The summed E-state index contributed by atoms with van der Waals surface area (Å²) in [5, 5.41) is 70.5. The first kappa shape index (κ1) is 48.8. The van der Waals surface area contributed by atoms with Crippen molar-refractivity contribution in [1.82, 2.24) is 0 Å². The molecular weight excluding hydrogens is 724 g/mol. The minimum absolute atomic E-state index is 0.00910. The fraction of sp³-hybridized carbons (Fsp3) is 1.00. The first-order valence-corrected chi connectivity index (χ1v) is 19.8. The van der Waals surface area contributed by atoms with E-state index in [1.807, 2.05) is 0 Å². The summed E-state index contributed by atoms with van der Waals surface area (Å²) in [6.07, 6.45) is -3.61. The van der Waals surface area contributed by atoms with E-state index in [1.165, 1.54) is 51.4 Å². The lowest BCUT2D eigenvalue weighted by Crippen LogP contribution is -2.64. The zero-order valence-electron chi connectivity index (χ0n) is 31.1. The Kier molecular flexibility index (Phi) is 29.2. The van der Waals surface area contributed by atoms with E-state index < -0.39 is 74.6 Å². The average Bonchev–Trinajstić information content (AvgIpc) is 3.16. The smallest absolute Gasteiger partial charge is 0.187 e. The first-order valence-electron chi connectivity index (χ1n) is 19.1. The Labute approximate surface area is 319 Å². The predicted molar refractivity (Wildman–Crippen MR) is 193 cm³/mol. The number of aliphatic hydroxyl groups excluding tert-OH is 7. The third kappa shape index (κ3) is 20.6. The van der Waals surface area contributed by atoms with Crippen molar-refractivity contribution in [2.45, 2.75) is 119 Å². The molecule has 7 N–H and O–H groups in total. The molecule has 0 spiro atoms. The zero-order chi connectivity index (χ0) is 38.5. The number of hydrogen-bond acceptors (Lipinski definition) is 18. The molecule has 0 aromatic heterocycles. The minimum atomic E-state index is -1.74. The predicted octanol–water partition coefficient (Wildman–Crippen LogP) is -0.833. The van der Waals surface area contributed by atoms with E-state index in [-0.39, 0.29) is 19.8 Å². The Bertz CT molecular complexity index is 833. The molecular formula is C35H68O17S. The lowest BCUT2D eigenvalue weighted by molar-refractivity contribution is -0.359. The first-order chi connectivity index (χ1) is 25.8. The largest absolute Gasteiger partial charge is 0.394 e. The van der Waals surface area contributed by atoms with Crippen LogP contribution in [0.5, 0.6) is 0 Å². The van der Waals surface area contributed by atoms with Crippen molar-refractivity contribution < 1.29 is 83.1 Å². The molecule has 0 aromatic carbocycles. The number of aliphatic hydroxyl groups is 7. The molecule has 10 atom stereocenters. The maximum absolute atomic E-state index is 10.7. The summed E-state index contributed by atoms with van der Waals surface area (Å²) in [5.74, 6) is 1.00. The van der Waals surface area contributed by atoms with E-state index in [2.05, 4.69) is 12.6 Å². The van der Waals surface area contributed by atoms with Crippen LogP contribution < -0.4 is 0 Å². The molecule has 0 aliphatic carbocycles. The quantitative estimate of drug-likeness (QED) is 0.0293. The topological polar surface area (TPSA) is 234 Å². The molecule has 17 nitrogen and oxygen atoms in total. The van der Waals surface area contributed by atoms with Gasteiger partial charge in [-0.15, -0.1) is 0 Å². The number of hydrogen-bond donors (Lipinski definition) is 8. The molecule has 316 valence electrons. The molecule has 2 fully saturated rings. The number of thiol groups is 1. The van der Waals surface area contributed by atoms with Gasteiger partial charge in [-0.25, -0.2) is 0 Å². The summed E-state index contributed by atoms with van der Waals surface area (Å²) < 4.78 is 54.9. The summed E-state index contributed by atoms with van der Waals surface area (Å²) in [7, 11) is 0. The molecule has 8 unspecified atom stereocenters. The van der Waals surface area contributed by atoms with Crippen LogP contribution in [0.2, 0.25) is 0 Å². The van der Waals surface area contributed by atoms with Crippen LogP contribution in [0.1, 0.15) is 57.8 Å². The molecule has 2 saturated heterocycles. The lowest BCUT2D eigenvalue weighted by atomic mass is 9.97. The Balaban J connectivity index is 1.35. The summed E-state index contributed by atoms with van der Waals surface area (Å²) in [6.45, 7) is 4.02. The maximum Gasteiger partial charge on any atom is 0.187 e. The molecule has 2 heterocycles. The van der Waals surface area contributed by atoms with Gasteiger partial charge in [0.2, 0.25) is 0 Å². The Morgan fingerprint density at radius 1 is 0.396 bits per heavy atom. The van der Waals surface area contributed by atoms with Gasteiger partial charge >= 0.3 is 0 Å². The minimum Gasteiger partial charge on any atom is -0.394 e. The highest BCUT2D eigenvalue weighted by molar-refractivity contribution is 7.80. The van der Waals surface area contributed by atoms with E-state index in [4.69, 9.17) is 47.4 Å². The lowest BCUT2D eigenvalue weighted by Gasteiger charge is -2.45. The van der Waals surface area contributed by atoms with Crippen LogP contribution in [0.25, 0.3) is 0 Å². The molecule has 18 heteroatoms. The molecule has 0 bridgehead atoms. The highest BCUT2D eigenvalue weighted by atomic mass is 32.1. The highest BCUT2D eigenvalue weighted by Crippen LogP contribution is 2.29. The van der Waals surface area contributed by atoms with Gasteiger partial charge in [0.1, 0.15) is 48.8 Å². The van der Waals surface area contributed by atoms with E-state index >= 15 is 0 Å². The zero-order valence-corrected chi connectivity index (χ0v) is 32.0. The van der Waals surface area contributed by atoms with Gasteiger partial charge < -0.3 is 83.1 Å². The van der Waals surface area contributed by atoms with E-state index in [0.29, 0.717) is 59.5 Å². The van der Waals surface area contributed by atoms with Crippen LogP contribution in [0.4, 0.5) is 0 Å². The number of unbranched alkanes of at least 4 members (excludes halogenated alkanes) is 8. The van der Waals surface area contributed by atoms with Crippen LogP contribution in [-0.2, 0) is 47.4 Å². The molecule has 0 saturated carbocycles. The van der Waals surface area contributed by atoms with Gasteiger partial charge in [-0.2, -0.15) is 12.6 Å². The normalized spacial score (nSPS) is 29.2. The highest BCUT2D eigenvalue weighted by Gasteiger charge is 2.50. The SMILES string of the molecule is OCC1OC(OCCOCCOCCOCCOCCOCCOCCCCCCCCCCCS)C(O)C(O)C1O[C@@H]1O[C@@H](CO)C(O)C(O)C1O. The summed E-state index contributed by atoms with van der Waals surface area (Å²) in [6, 6.07) is 0. The molecule has 53 heavy (non-hydrogen) atoms. The van der Waals surface area contributed by atoms with E-state index in [9.17, 15) is 35.7 Å². The molecule has 0 radical (unpaired) electrons. The third-order valence-electron chi connectivity index (χ3n) is 8.78. The summed E-state index contributed by atoms with van der Waals surface area (Å²) in [5.41, 5.74) is 0. The van der Waals surface area contributed by atoms with Crippen LogP contribution in [-0.4, -0.2) is 202 Å². The van der Waals surface area contributed by atoms with Gasteiger partial charge in [0.25, 0.3) is 0 Å². The Morgan fingerprint density at radius 2 is 0.792 bits per heavy atom. The van der Waals surface area contributed by atoms with Crippen molar-refractivity contribution in [3.05, 3.63) is 0 Å². The van der Waals surface area contributed by atoms with Crippen LogP contribution in [0.3, 0.4) is 0 Å². The number of rotatable bonds is 34. The van der Waals surface area contributed by atoms with E-state index in [1.54, 1.807) is 0 Å². The van der Waals surface area contributed by atoms with Gasteiger partial charge in [0, 0.05) is 6.61 Å². The Morgan fingerprint density at radius 3 is 1.26 bits per heavy atom. The van der Waals surface area contributed by atoms with Gasteiger partial charge in [0.15, 0.2) is 12.6 Å². The van der Waals surface area contributed by atoms with Gasteiger partial charge in [0.05, 0.1) is 92.5 Å². The van der Waals surface area contributed by atoms with Crippen molar-refractivity contribution in [3.8, 4) is 0 Å². The van der Waals surface area contributed by atoms with Crippen molar-refractivity contribution in [2.75, 3.05) is 105 Å². The third-order valence-corrected chi connectivity index (χ3v) is 9.09. The molecule has 2 aliphatic rings. The van der Waals surface area contributed by atoms with Gasteiger partial charge in [-0.05, 0) is 18.6 Å². The molecule has 0 amide bonds. The number of ether oxygens (including phenoxy) is 10. The van der Waals surface area contributed by atoms with Crippen LogP contribution >= 0.6 is 12.6 Å². The van der Waals surface area contributed by atoms with Crippen LogP contribution in [0, 0.1) is 0 Å². The second-order valence-corrected chi connectivity index (χ2v) is 13.4. The molecule has 0 aromatic rings. The summed E-state index contributed by atoms with van der Waals surface area (Å²) in [4.78, 5) is 0. The summed E-state index contributed by atoms with van der Waals surface area (Å²) >= 11 is 4.24. The maximum atomic E-state index is 10.7. The average molecular weight is 793 g/mol. The van der Waals surface area contributed by atoms with Crippen molar-refractivity contribution >= 4 is 12.6 Å². The standard InChI is InChI=1S/C35H68O17S/c36-24-26-28(38)29(39)31(41)35(50-26)52-33-27(25-37)51-34(32(42)30(33)40)49-22-21-48-20-19-47-18-17-46-16-15-45-14-13-44-12-11-43-10-8-6-4-2-1-3-5-7-9-23-53/h26-42,53H,1-25H2/t26-,27?,28?,29?,30?,31?,32?,33?,34?,35-/m0/s1. The fourth-order valence-electron chi connectivity index (χ4n) is 5.67. The van der Waals surface area contributed by atoms with Crippen molar-refractivity contribution in [2.24, 2.45) is 0 Å².